The molecule has 2 amide bonds. The van der Waals surface area contributed by atoms with Gasteiger partial charge in [-0.3, -0.25) is 9.59 Å². The Balaban J connectivity index is 1.35. The molecule has 0 aromatic heterocycles. The number of carbonyl (C=O) groups is 2. The third-order valence-corrected chi connectivity index (χ3v) is 7.91. The van der Waals surface area contributed by atoms with Gasteiger partial charge in [0.15, 0.2) is 0 Å². The molecule has 2 atom stereocenters. The van der Waals surface area contributed by atoms with E-state index in [1.807, 2.05) is 17.0 Å². The summed E-state index contributed by atoms with van der Waals surface area (Å²) in [5, 5.41) is 0.441. The number of para-hydroxylation sites is 1. The van der Waals surface area contributed by atoms with Gasteiger partial charge in [0.05, 0.1) is 16.5 Å². The molecule has 6 heteroatoms. The molecule has 0 radical (unpaired) electrons. The Morgan fingerprint density at radius 1 is 0.778 bits per heavy atom. The maximum absolute atomic E-state index is 13.9. The van der Waals surface area contributed by atoms with Crippen LogP contribution in [0.25, 0.3) is 0 Å². The van der Waals surface area contributed by atoms with Crippen LogP contribution in [0, 0.1) is 19.8 Å². The van der Waals surface area contributed by atoms with Crippen LogP contribution in [0.3, 0.4) is 0 Å². The predicted molar refractivity (Wildman–Crippen MR) is 145 cm³/mol. The zero-order chi connectivity index (χ0) is 25.2. The fourth-order valence-electron chi connectivity index (χ4n) is 5.50. The third-order valence-electron chi connectivity index (χ3n) is 7.58. The van der Waals surface area contributed by atoms with Crippen molar-refractivity contribution in [3.8, 4) is 0 Å². The van der Waals surface area contributed by atoms with Gasteiger partial charge >= 0.3 is 0 Å². The summed E-state index contributed by atoms with van der Waals surface area (Å²) in [6, 6.07) is 23.9. The van der Waals surface area contributed by atoms with E-state index in [4.69, 9.17) is 11.6 Å². The SMILES string of the molecule is Cc1ccc([C@H]2CN(C(=O)c3ccccc3Cl)C[C@H]2C(=O)N2CCN(c3ccccc3C)CC2)cc1. The summed E-state index contributed by atoms with van der Waals surface area (Å²) in [6.07, 6.45) is 0. The summed E-state index contributed by atoms with van der Waals surface area (Å²) < 4.78 is 0. The molecule has 186 valence electrons. The number of halogens is 1. The number of anilines is 1. The van der Waals surface area contributed by atoms with Gasteiger partial charge in [-0.2, -0.15) is 0 Å². The lowest BCUT2D eigenvalue weighted by molar-refractivity contribution is -0.135. The van der Waals surface area contributed by atoms with E-state index >= 15 is 0 Å². The van der Waals surface area contributed by atoms with Crippen molar-refractivity contribution in [2.45, 2.75) is 19.8 Å². The van der Waals surface area contributed by atoms with Crippen LogP contribution in [0.5, 0.6) is 0 Å². The van der Waals surface area contributed by atoms with Crippen molar-refractivity contribution < 1.29 is 9.59 Å². The molecule has 0 aliphatic carbocycles. The number of carbonyl (C=O) groups excluding carboxylic acids is 2. The van der Waals surface area contributed by atoms with Crippen molar-refractivity contribution in [3.63, 3.8) is 0 Å². The number of rotatable bonds is 4. The molecule has 0 bridgehead atoms. The third kappa shape index (κ3) is 4.85. The van der Waals surface area contributed by atoms with Crippen LogP contribution in [-0.2, 0) is 4.79 Å². The molecule has 5 nitrogen and oxygen atoms in total. The molecule has 0 saturated carbocycles. The number of aryl methyl sites for hydroxylation is 2. The Kier molecular flexibility index (Phi) is 7.01. The lowest BCUT2D eigenvalue weighted by atomic mass is 9.87. The van der Waals surface area contributed by atoms with E-state index < -0.39 is 0 Å². The smallest absolute Gasteiger partial charge is 0.255 e. The number of likely N-dealkylation sites (tertiary alicyclic amines) is 1. The number of nitrogens with zero attached hydrogens (tertiary/aromatic N) is 3. The van der Waals surface area contributed by atoms with Crippen LogP contribution in [0.4, 0.5) is 5.69 Å². The largest absolute Gasteiger partial charge is 0.368 e. The summed E-state index contributed by atoms with van der Waals surface area (Å²) in [7, 11) is 0. The van der Waals surface area contributed by atoms with E-state index in [2.05, 4.69) is 67.3 Å². The molecule has 3 aromatic carbocycles. The standard InChI is InChI=1S/C30H32ClN3O2/c1-21-11-13-23(14-12-21)25-19-34(29(35)24-8-4-5-9-27(24)31)20-26(25)30(36)33-17-15-32(16-18-33)28-10-6-3-7-22(28)2/h3-14,25-26H,15-20H2,1-2H3/t25-,26-/m1/s1. The van der Waals surface area contributed by atoms with Gasteiger partial charge in [0.1, 0.15) is 0 Å². The Morgan fingerprint density at radius 2 is 1.44 bits per heavy atom. The first-order valence-corrected chi connectivity index (χ1v) is 13.0. The molecular weight excluding hydrogens is 470 g/mol. The number of hydrogen-bond donors (Lipinski definition) is 0. The molecule has 36 heavy (non-hydrogen) atoms. The van der Waals surface area contributed by atoms with Crippen molar-refractivity contribution in [2.24, 2.45) is 5.92 Å². The average molecular weight is 502 g/mol. The quantitative estimate of drug-likeness (QED) is 0.496. The van der Waals surface area contributed by atoms with Crippen molar-refractivity contribution in [2.75, 3.05) is 44.2 Å². The minimum Gasteiger partial charge on any atom is -0.368 e. The zero-order valence-corrected chi connectivity index (χ0v) is 21.6. The minimum absolute atomic E-state index is 0.0427. The molecule has 0 unspecified atom stereocenters. The summed E-state index contributed by atoms with van der Waals surface area (Å²) in [5.41, 5.74) is 5.26. The van der Waals surface area contributed by atoms with Crippen LogP contribution in [0.2, 0.25) is 5.02 Å². The molecule has 2 aliphatic heterocycles. The van der Waals surface area contributed by atoms with Gasteiger partial charge in [-0.05, 0) is 43.2 Å². The summed E-state index contributed by atoms with van der Waals surface area (Å²) in [4.78, 5) is 33.4. The Hall–Kier alpha value is -3.31. The van der Waals surface area contributed by atoms with Crippen LogP contribution in [0.15, 0.2) is 72.8 Å². The monoisotopic (exact) mass is 501 g/mol. The fraction of sp³-hybridized carbons (Fsp3) is 0.333. The van der Waals surface area contributed by atoms with E-state index in [1.165, 1.54) is 16.8 Å². The summed E-state index contributed by atoms with van der Waals surface area (Å²) in [5.74, 6) is -0.292. The highest BCUT2D eigenvalue weighted by Crippen LogP contribution is 2.36. The van der Waals surface area contributed by atoms with E-state index in [1.54, 1.807) is 17.0 Å². The van der Waals surface area contributed by atoms with Gasteiger partial charge in [-0.1, -0.05) is 71.8 Å². The average Bonchev–Trinajstić information content (AvgIpc) is 3.34. The lowest BCUT2D eigenvalue weighted by Crippen LogP contribution is -2.51. The molecule has 2 heterocycles. The van der Waals surface area contributed by atoms with Gasteiger partial charge in [-0.25, -0.2) is 0 Å². The Labute approximate surface area is 218 Å². The second-order valence-electron chi connectivity index (χ2n) is 9.91. The number of amides is 2. The summed E-state index contributed by atoms with van der Waals surface area (Å²) in [6.45, 7) is 8.07. The van der Waals surface area contributed by atoms with Crippen molar-refractivity contribution >= 4 is 29.1 Å². The highest BCUT2D eigenvalue weighted by atomic mass is 35.5. The maximum atomic E-state index is 13.9. The maximum Gasteiger partial charge on any atom is 0.255 e. The number of hydrogen-bond acceptors (Lipinski definition) is 3. The first kappa shape index (κ1) is 24.4. The molecule has 2 fully saturated rings. The van der Waals surface area contributed by atoms with E-state index in [-0.39, 0.29) is 23.7 Å². The van der Waals surface area contributed by atoms with Gasteiger partial charge in [0.2, 0.25) is 5.91 Å². The second-order valence-corrected chi connectivity index (χ2v) is 10.3. The van der Waals surface area contributed by atoms with E-state index in [0.717, 1.165) is 18.7 Å². The number of benzene rings is 3. The topological polar surface area (TPSA) is 43.9 Å². The highest BCUT2D eigenvalue weighted by molar-refractivity contribution is 6.33. The highest BCUT2D eigenvalue weighted by Gasteiger charge is 2.43. The minimum atomic E-state index is -0.274. The molecular formula is C30H32ClN3O2. The van der Waals surface area contributed by atoms with Gasteiger partial charge in [0, 0.05) is 50.9 Å². The van der Waals surface area contributed by atoms with Crippen molar-refractivity contribution in [1.82, 2.24) is 9.80 Å². The Bertz CT molecular complexity index is 1250. The molecule has 0 N–H and O–H groups in total. The molecule has 0 spiro atoms. The molecule has 2 saturated heterocycles. The van der Waals surface area contributed by atoms with Crippen molar-refractivity contribution in [3.05, 3.63) is 100 Å². The normalized spacial score (nSPS) is 20.0. The first-order chi connectivity index (χ1) is 17.4. The zero-order valence-electron chi connectivity index (χ0n) is 20.9. The lowest BCUT2D eigenvalue weighted by Gasteiger charge is -2.38. The summed E-state index contributed by atoms with van der Waals surface area (Å²) >= 11 is 6.34. The first-order valence-electron chi connectivity index (χ1n) is 12.6. The molecule has 5 rings (SSSR count). The second kappa shape index (κ2) is 10.4. The van der Waals surface area contributed by atoms with Gasteiger partial charge in [-0.15, -0.1) is 0 Å². The molecule has 2 aliphatic rings. The van der Waals surface area contributed by atoms with Crippen LogP contribution < -0.4 is 4.90 Å². The van der Waals surface area contributed by atoms with Gasteiger partial charge in [0.25, 0.3) is 5.91 Å². The van der Waals surface area contributed by atoms with Gasteiger partial charge < -0.3 is 14.7 Å². The molecule has 3 aromatic rings. The van der Waals surface area contributed by atoms with E-state index in [0.29, 0.717) is 36.8 Å². The van der Waals surface area contributed by atoms with Crippen LogP contribution >= 0.6 is 11.6 Å². The Morgan fingerprint density at radius 3 is 2.14 bits per heavy atom. The van der Waals surface area contributed by atoms with Crippen molar-refractivity contribution in [1.29, 1.82) is 0 Å². The van der Waals surface area contributed by atoms with Crippen LogP contribution in [0.1, 0.15) is 33.0 Å². The predicted octanol–water partition coefficient (Wildman–Crippen LogP) is 5.16. The number of piperazine rings is 1. The fourth-order valence-corrected chi connectivity index (χ4v) is 5.71. The van der Waals surface area contributed by atoms with E-state index in [9.17, 15) is 9.59 Å². The van der Waals surface area contributed by atoms with Crippen LogP contribution in [-0.4, -0.2) is 60.9 Å².